The number of esters is 1. The van der Waals surface area contributed by atoms with Crippen LogP contribution in [0.5, 0.6) is 5.75 Å². The van der Waals surface area contributed by atoms with E-state index in [4.69, 9.17) is 4.74 Å². The Labute approximate surface area is 156 Å². The summed E-state index contributed by atoms with van der Waals surface area (Å²) < 4.78 is 5.18. The van der Waals surface area contributed by atoms with Gasteiger partial charge < -0.3 is 14.7 Å². The van der Waals surface area contributed by atoms with E-state index in [-0.39, 0.29) is 28.3 Å². The highest BCUT2D eigenvalue weighted by Gasteiger charge is 2.22. The van der Waals surface area contributed by atoms with Crippen LogP contribution in [0.3, 0.4) is 0 Å². The zero-order valence-electron chi connectivity index (χ0n) is 15.2. The fourth-order valence-electron chi connectivity index (χ4n) is 2.73. The number of aromatic hydroxyl groups is 1. The minimum absolute atomic E-state index is 0.109. The molecule has 0 spiro atoms. The molecule has 0 amide bonds. The number of carbonyl (C=O) groups excluding carboxylic acids is 2. The predicted molar refractivity (Wildman–Crippen MR) is 106 cm³/mol. The summed E-state index contributed by atoms with van der Waals surface area (Å²) in [4.78, 5) is 27.2. The molecule has 2 aromatic carbocycles. The van der Waals surface area contributed by atoms with Crippen LogP contribution in [-0.4, -0.2) is 35.8 Å². The van der Waals surface area contributed by atoms with Gasteiger partial charge in [0.15, 0.2) is 5.78 Å². The third-order valence-corrected chi connectivity index (χ3v) is 4.18. The van der Waals surface area contributed by atoms with Crippen LogP contribution in [0.15, 0.2) is 42.5 Å². The molecule has 0 aliphatic rings. The normalized spacial score (nSPS) is 11.7. The lowest BCUT2D eigenvalue weighted by atomic mass is 9.97. The Bertz CT molecular complexity index is 800. The molecule has 2 aromatic rings. The van der Waals surface area contributed by atoms with Gasteiger partial charge in [-0.1, -0.05) is 27.4 Å². The van der Waals surface area contributed by atoms with E-state index in [1.165, 1.54) is 0 Å². The molecule has 2 unspecified atom stereocenters. The van der Waals surface area contributed by atoms with Gasteiger partial charge in [-0.25, -0.2) is 4.79 Å². The first kappa shape index (κ1) is 19.9. The smallest absolute Gasteiger partial charge is 0.339 e. The van der Waals surface area contributed by atoms with E-state index >= 15 is 0 Å². The predicted octanol–water partition coefficient (Wildman–Crippen LogP) is 3.85. The summed E-state index contributed by atoms with van der Waals surface area (Å²) in [6.45, 7) is 7.35. The molecule has 0 aliphatic heterocycles. The van der Waals surface area contributed by atoms with Crippen LogP contribution in [0, 0.1) is 0 Å². The van der Waals surface area contributed by atoms with Crippen molar-refractivity contribution in [2.45, 2.75) is 26.6 Å². The minimum atomic E-state index is -0.573. The average Bonchev–Trinajstić information content (AvgIpc) is 2.62. The standard InChI is InChI=1S/C20H24NO4P/c1-4-21(5-2)14-10-11-17(18(22)12-14)19(23)15-8-6-7-9-16(15)20(24)25-13(3)26/h6-13,22H,4-5,26H2,1-3H3. The molecule has 0 bridgehead atoms. The number of nitrogens with zero attached hydrogens (tertiary/aromatic N) is 1. The summed E-state index contributed by atoms with van der Waals surface area (Å²) in [5.41, 5.74) is 1.38. The molecule has 1 N–H and O–H groups in total. The number of rotatable bonds is 7. The number of hydrogen-bond donors (Lipinski definition) is 1. The van der Waals surface area contributed by atoms with E-state index in [0.29, 0.717) is 0 Å². The van der Waals surface area contributed by atoms with E-state index < -0.39 is 11.8 Å². The molecule has 0 saturated carbocycles. The molecule has 2 atom stereocenters. The van der Waals surface area contributed by atoms with Gasteiger partial charge in [0.1, 0.15) is 11.6 Å². The van der Waals surface area contributed by atoms with Crippen molar-refractivity contribution in [3.63, 3.8) is 0 Å². The molecule has 0 aromatic heterocycles. The number of ketones is 1. The van der Waals surface area contributed by atoms with Crippen molar-refractivity contribution < 1.29 is 19.4 Å². The molecule has 2 rings (SSSR count). The van der Waals surface area contributed by atoms with Crippen molar-refractivity contribution in [2.24, 2.45) is 0 Å². The molecule has 0 radical (unpaired) electrons. The Kier molecular flexibility index (Phi) is 6.76. The third kappa shape index (κ3) is 4.41. The summed E-state index contributed by atoms with van der Waals surface area (Å²) in [6.07, 6.45) is 0. The number of anilines is 1. The molecule has 0 heterocycles. The fraction of sp³-hybridized carbons (Fsp3) is 0.300. The van der Waals surface area contributed by atoms with Crippen molar-refractivity contribution in [3.05, 3.63) is 59.2 Å². The van der Waals surface area contributed by atoms with Crippen LogP contribution in [0.2, 0.25) is 0 Å². The van der Waals surface area contributed by atoms with Gasteiger partial charge in [0.2, 0.25) is 0 Å². The lowest BCUT2D eigenvalue weighted by molar-refractivity contribution is 0.0478. The van der Waals surface area contributed by atoms with Gasteiger partial charge in [-0.2, -0.15) is 0 Å². The van der Waals surface area contributed by atoms with Crippen LogP contribution < -0.4 is 4.90 Å². The van der Waals surface area contributed by atoms with Gasteiger partial charge in [0, 0.05) is 30.4 Å². The van der Waals surface area contributed by atoms with Crippen molar-refractivity contribution in [1.29, 1.82) is 0 Å². The van der Waals surface area contributed by atoms with Crippen molar-refractivity contribution >= 4 is 26.7 Å². The molecule has 6 heteroatoms. The highest BCUT2D eigenvalue weighted by molar-refractivity contribution is 7.17. The maximum atomic E-state index is 12.9. The lowest BCUT2D eigenvalue weighted by Gasteiger charge is -2.21. The second-order valence-corrected chi connectivity index (χ2v) is 6.80. The van der Waals surface area contributed by atoms with Gasteiger partial charge in [-0.3, -0.25) is 4.79 Å². The summed E-state index contributed by atoms with van der Waals surface area (Å²) in [5, 5.41) is 10.4. The van der Waals surface area contributed by atoms with Crippen molar-refractivity contribution in [2.75, 3.05) is 18.0 Å². The van der Waals surface area contributed by atoms with Crippen LogP contribution >= 0.6 is 9.24 Å². The Hall–Kier alpha value is -2.39. The Morgan fingerprint density at radius 2 is 1.69 bits per heavy atom. The summed E-state index contributed by atoms with van der Waals surface area (Å²) in [7, 11) is 2.37. The molecule has 5 nitrogen and oxygen atoms in total. The van der Waals surface area contributed by atoms with E-state index in [0.717, 1.165) is 18.8 Å². The van der Waals surface area contributed by atoms with Gasteiger partial charge >= 0.3 is 5.97 Å². The van der Waals surface area contributed by atoms with Gasteiger partial charge in [0.25, 0.3) is 0 Å². The number of ether oxygens (including phenoxy) is 1. The van der Waals surface area contributed by atoms with E-state index in [2.05, 4.69) is 14.1 Å². The van der Waals surface area contributed by atoms with E-state index in [9.17, 15) is 14.7 Å². The molecule has 0 saturated heterocycles. The summed E-state index contributed by atoms with van der Waals surface area (Å²) in [6, 6.07) is 11.4. The van der Waals surface area contributed by atoms with E-state index in [1.54, 1.807) is 49.4 Å². The highest BCUT2D eigenvalue weighted by Crippen LogP contribution is 2.28. The minimum Gasteiger partial charge on any atom is -0.507 e. The third-order valence-electron chi connectivity index (χ3n) is 4.04. The number of carbonyl (C=O) groups is 2. The first-order valence-electron chi connectivity index (χ1n) is 8.57. The average molecular weight is 373 g/mol. The molecule has 0 aliphatic carbocycles. The monoisotopic (exact) mass is 373 g/mol. The first-order chi connectivity index (χ1) is 12.4. The highest BCUT2D eigenvalue weighted by atomic mass is 31.0. The SMILES string of the molecule is CCN(CC)c1ccc(C(=O)c2ccccc2C(=O)OC(C)P)c(O)c1. The van der Waals surface area contributed by atoms with Crippen LogP contribution in [0.1, 0.15) is 47.1 Å². The Balaban J connectivity index is 2.40. The summed E-state index contributed by atoms with van der Waals surface area (Å²) in [5.74, 6) is -1.47. The summed E-state index contributed by atoms with van der Waals surface area (Å²) >= 11 is 0. The van der Waals surface area contributed by atoms with Crippen LogP contribution in [-0.2, 0) is 4.74 Å². The second kappa shape index (κ2) is 8.81. The Morgan fingerprint density at radius 1 is 1.08 bits per heavy atom. The first-order valence-corrected chi connectivity index (χ1v) is 9.23. The number of phenols is 1. The second-order valence-electron chi connectivity index (χ2n) is 5.86. The van der Waals surface area contributed by atoms with Gasteiger partial charge in [-0.15, -0.1) is 0 Å². The Morgan fingerprint density at radius 3 is 2.23 bits per heavy atom. The zero-order chi connectivity index (χ0) is 19.3. The van der Waals surface area contributed by atoms with Gasteiger partial charge in [-0.05, 0) is 39.0 Å². The topological polar surface area (TPSA) is 66.8 Å². The number of phenolic OH excluding ortho intramolecular Hbond substituents is 1. The van der Waals surface area contributed by atoms with Crippen molar-refractivity contribution in [3.8, 4) is 5.75 Å². The molecular weight excluding hydrogens is 349 g/mol. The maximum absolute atomic E-state index is 12.9. The van der Waals surface area contributed by atoms with Crippen LogP contribution in [0.25, 0.3) is 0 Å². The number of hydrogen-bond acceptors (Lipinski definition) is 5. The largest absolute Gasteiger partial charge is 0.507 e. The molecular formula is C20H24NO4P. The maximum Gasteiger partial charge on any atom is 0.339 e. The zero-order valence-corrected chi connectivity index (χ0v) is 16.4. The quantitative estimate of drug-likeness (QED) is 0.454. The van der Waals surface area contributed by atoms with Gasteiger partial charge in [0.05, 0.1) is 11.1 Å². The fourth-order valence-corrected chi connectivity index (χ4v) is 2.86. The van der Waals surface area contributed by atoms with Crippen molar-refractivity contribution in [1.82, 2.24) is 0 Å². The van der Waals surface area contributed by atoms with E-state index in [1.807, 2.05) is 13.8 Å². The van der Waals surface area contributed by atoms with Crippen LogP contribution in [0.4, 0.5) is 5.69 Å². The molecule has 26 heavy (non-hydrogen) atoms. The molecule has 138 valence electrons. The molecule has 0 fully saturated rings. The lowest BCUT2D eigenvalue weighted by Crippen LogP contribution is -2.21. The number of benzene rings is 2.